The predicted molar refractivity (Wildman–Crippen MR) is 89.0 cm³/mol. The van der Waals surface area contributed by atoms with Gasteiger partial charge in [0, 0.05) is 25.0 Å². The number of hydrogen-bond acceptors (Lipinski definition) is 4. The molecule has 0 spiro atoms. The number of methoxy groups -OCH3 is 2. The van der Waals surface area contributed by atoms with E-state index in [1.807, 2.05) is 18.2 Å². The number of carbonyl (C=O) groups excluding carboxylic acids is 1. The molecule has 5 nitrogen and oxygen atoms in total. The highest BCUT2D eigenvalue weighted by Crippen LogP contribution is 2.30. The van der Waals surface area contributed by atoms with E-state index in [4.69, 9.17) is 9.47 Å². The lowest BCUT2D eigenvalue weighted by Crippen LogP contribution is -2.42. The van der Waals surface area contributed by atoms with Crippen LogP contribution in [0.25, 0.3) is 0 Å². The van der Waals surface area contributed by atoms with E-state index in [-0.39, 0.29) is 5.91 Å². The van der Waals surface area contributed by atoms with Gasteiger partial charge in [0.15, 0.2) is 0 Å². The molecule has 3 rings (SSSR count). The zero-order valence-electron chi connectivity index (χ0n) is 14.0. The van der Waals surface area contributed by atoms with Crippen molar-refractivity contribution in [2.24, 2.45) is 0 Å². The van der Waals surface area contributed by atoms with Crippen molar-refractivity contribution in [1.29, 1.82) is 0 Å². The minimum absolute atomic E-state index is 0.270. The van der Waals surface area contributed by atoms with E-state index >= 15 is 0 Å². The van der Waals surface area contributed by atoms with Crippen LogP contribution in [0.3, 0.4) is 0 Å². The molecule has 1 N–H and O–H groups in total. The molecule has 2 fully saturated rings. The van der Waals surface area contributed by atoms with Crippen molar-refractivity contribution in [3.8, 4) is 11.5 Å². The van der Waals surface area contributed by atoms with Crippen LogP contribution in [0.1, 0.15) is 31.2 Å². The molecule has 2 unspecified atom stereocenters. The van der Waals surface area contributed by atoms with E-state index in [1.165, 1.54) is 0 Å². The van der Waals surface area contributed by atoms with Crippen LogP contribution >= 0.6 is 0 Å². The highest BCUT2D eigenvalue weighted by molar-refractivity contribution is 5.77. The van der Waals surface area contributed by atoms with E-state index in [0.717, 1.165) is 49.4 Å². The Morgan fingerprint density at radius 1 is 1.22 bits per heavy atom. The molecule has 2 bridgehead atoms. The lowest BCUT2D eigenvalue weighted by Gasteiger charge is -2.28. The summed E-state index contributed by atoms with van der Waals surface area (Å²) in [5, 5.41) is 3.44. The first-order valence-electron chi connectivity index (χ1n) is 8.45. The summed E-state index contributed by atoms with van der Waals surface area (Å²) in [4.78, 5) is 14.9. The number of nitrogens with zero attached hydrogens (tertiary/aromatic N) is 1. The SMILES string of the molecule is COc1ccc(OC)c(CCC(=O)N2C3CCNCC2CC3)c1. The number of ether oxygens (including phenoxy) is 2. The molecule has 2 aliphatic rings. The van der Waals surface area contributed by atoms with Crippen molar-refractivity contribution in [2.45, 2.75) is 44.2 Å². The zero-order chi connectivity index (χ0) is 16.2. The van der Waals surface area contributed by atoms with Crippen molar-refractivity contribution >= 4 is 5.91 Å². The lowest BCUT2D eigenvalue weighted by atomic mass is 10.1. The number of benzene rings is 1. The van der Waals surface area contributed by atoms with E-state index in [2.05, 4.69) is 10.2 Å². The first-order valence-corrected chi connectivity index (χ1v) is 8.45. The second kappa shape index (κ2) is 7.21. The van der Waals surface area contributed by atoms with Crippen molar-refractivity contribution in [1.82, 2.24) is 10.2 Å². The Morgan fingerprint density at radius 2 is 2.04 bits per heavy atom. The van der Waals surface area contributed by atoms with E-state index in [9.17, 15) is 4.79 Å². The summed E-state index contributed by atoms with van der Waals surface area (Å²) in [6, 6.07) is 6.55. The van der Waals surface area contributed by atoms with Gasteiger partial charge in [-0.15, -0.1) is 0 Å². The summed E-state index contributed by atoms with van der Waals surface area (Å²) in [6.07, 6.45) is 4.57. The monoisotopic (exact) mass is 318 g/mol. The molecule has 0 aliphatic carbocycles. The normalized spacial score (nSPS) is 23.5. The first kappa shape index (κ1) is 16.1. The van der Waals surface area contributed by atoms with Crippen molar-refractivity contribution in [3.05, 3.63) is 23.8 Å². The van der Waals surface area contributed by atoms with Crippen LogP contribution in [0, 0.1) is 0 Å². The van der Waals surface area contributed by atoms with Gasteiger partial charge in [-0.3, -0.25) is 4.79 Å². The molecule has 126 valence electrons. The molecule has 2 saturated heterocycles. The summed E-state index contributed by atoms with van der Waals surface area (Å²) >= 11 is 0. The Hall–Kier alpha value is -1.75. The average molecular weight is 318 g/mol. The third-order valence-corrected chi connectivity index (χ3v) is 5.04. The molecule has 1 aromatic rings. The Labute approximate surface area is 137 Å². The molecule has 5 heteroatoms. The van der Waals surface area contributed by atoms with Crippen LogP contribution in [0.5, 0.6) is 11.5 Å². The maximum absolute atomic E-state index is 12.8. The van der Waals surface area contributed by atoms with Gasteiger partial charge in [-0.1, -0.05) is 0 Å². The number of rotatable bonds is 5. The molecule has 2 heterocycles. The number of fused-ring (bicyclic) bond motifs is 2. The number of aryl methyl sites for hydroxylation is 1. The molecule has 23 heavy (non-hydrogen) atoms. The van der Waals surface area contributed by atoms with Crippen LogP contribution in [0.4, 0.5) is 0 Å². The topological polar surface area (TPSA) is 50.8 Å². The van der Waals surface area contributed by atoms with Gasteiger partial charge in [0.25, 0.3) is 0 Å². The van der Waals surface area contributed by atoms with Crippen molar-refractivity contribution in [3.63, 3.8) is 0 Å². The maximum Gasteiger partial charge on any atom is 0.223 e. The highest BCUT2D eigenvalue weighted by atomic mass is 16.5. The van der Waals surface area contributed by atoms with Gasteiger partial charge in [0.2, 0.25) is 5.91 Å². The fourth-order valence-electron chi connectivity index (χ4n) is 3.84. The second-order valence-electron chi connectivity index (χ2n) is 6.36. The van der Waals surface area contributed by atoms with E-state index in [1.54, 1.807) is 14.2 Å². The van der Waals surface area contributed by atoms with Gasteiger partial charge in [-0.05, 0) is 56.0 Å². The van der Waals surface area contributed by atoms with E-state index < -0.39 is 0 Å². The van der Waals surface area contributed by atoms with Gasteiger partial charge in [-0.2, -0.15) is 0 Å². The summed E-state index contributed by atoms with van der Waals surface area (Å²) in [7, 11) is 3.31. The Morgan fingerprint density at radius 3 is 2.83 bits per heavy atom. The largest absolute Gasteiger partial charge is 0.497 e. The number of hydrogen-bond donors (Lipinski definition) is 1. The third-order valence-electron chi connectivity index (χ3n) is 5.04. The molecule has 0 aromatic heterocycles. The molecule has 1 aromatic carbocycles. The standard InChI is InChI=1S/C18H26N2O3/c1-22-16-6-7-17(23-2)13(11-16)3-8-18(21)20-14-4-5-15(20)12-19-10-9-14/h6-7,11,14-15,19H,3-5,8-10,12H2,1-2H3. The van der Waals surface area contributed by atoms with Crippen LogP contribution in [0.2, 0.25) is 0 Å². The maximum atomic E-state index is 12.8. The summed E-state index contributed by atoms with van der Waals surface area (Å²) in [5.74, 6) is 1.89. The van der Waals surface area contributed by atoms with Crippen molar-refractivity contribution in [2.75, 3.05) is 27.3 Å². The fourth-order valence-corrected chi connectivity index (χ4v) is 3.84. The lowest BCUT2D eigenvalue weighted by molar-refractivity contribution is -0.133. The predicted octanol–water partition coefficient (Wildman–Crippen LogP) is 1.99. The summed E-state index contributed by atoms with van der Waals surface area (Å²) in [6.45, 7) is 1.96. The van der Waals surface area contributed by atoms with Gasteiger partial charge in [-0.25, -0.2) is 0 Å². The number of nitrogens with one attached hydrogen (secondary N) is 1. The highest BCUT2D eigenvalue weighted by Gasteiger charge is 2.37. The zero-order valence-corrected chi connectivity index (χ0v) is 14.0. The summed E-state index contributed by atoms with van der Waals surface area (Å²) in [5.41, 5.74) is 1.03. The molecule has 0 saturated carbocycles. The molecular formula is C18H26N2O3. The number of carbonyl (C=O) groups is 1. The Bertz CT molecular complexity index is 547. The molecule has 0 radical (unpaired) electrons. The Balaban J connectivity index is 1.67. The van der Waals surface area contributed by atoms with Gasteiger partial charge < -0.3 is 19.7 Å². The third kappa shape index (κ3) is 3.44. The van der Waals surface area contributed by atoms with Crippen LogP contribution in [0.15, 0.2) is 18.2 Å². The molecule has 1 amide bonds. The minimum Gasteiger partial charge on any atom is -0.497 e. The second-order valence-corrected chi connectivity index (χ2v) is 6.36. The number of amides is 1. The minimum atomic E-state index is 0.270. The van der Waals surface area contributed by atoms with E-state index in [0.29, 0.717) is 24.9 Å². The van der Waals surface area contributed by atoms with Gasteiger partial charge in [0.1, 0.15) is 11.5 Å². The summed E-state index contributed by atoms with van der Waals surface area (Å²) < 4.78 is 10.7. The first-order chi connectivity index (χ1) is 11.2. The van der Waals surface area contributed by atoms with Crippen molar-refractivity contribution < 1.29 is 14.3 Å². The van der Waals surface area contributed by atoms with Gasteiger partial charge >= 0.3 is 0 Å². The van der Waals surface area contributed by atoms with Crippen LogP contribution in [-0.2, 0) is 11.2 Å². The quantitative estimate of drug-likeness (QED) is 0.902. The fraction of sp³-hybridized carbons (Fsp3) is 0.611. The molecule has 2 atom stereocenters. The van der Waals surface area contributed by atoms with Crippen LogP contribution in [-0.4, -0.2) is 50.2 Å². The van der Waals surface area contributed by atoms with Gasteiger partial charge in [0.05, 0.1) is 14.2 Å². The average Bonchev–Trinajstić information content (AvgIpc) is 2.85. The Kier molecular flexibility index (Phi) is 5.06. The molecular weight excluding hydrogens is 292 g/mol. The molecule has 2 aliphatic heterocycles. The smallest absolute Gasteiger partial charge is 0.223 e. The van der Waals surface area contributed by atoms with Crippen LogP contribution < -0.4 is 14.8 Å².